The first-order valence-corrected chi connectivity index (χ1v) is 9.01. The fraction of sp³-hybridized carbons (Fsp3) is 0.105. The minimum atomic E-state index is -0.841. The lowest BCUT2D eigenvalue weighted by molar-refractivity contribution is -0.136. The monoisotopic (exact) mass is 365 g/mol. The van der Waals surface area contributed by atoms with Crippen LogP contribution in [-0.4, -0.2) is 23.5 Å². The van der Waals surface area contributed by atoms with Gasteiger partial charge < -0.3 is 9.67 Å². The molecule has 25 heavy (non-hydrogen) atoms. The summed E-state index contributed by atoms with van der Waals surface area (Å²) in [5.74, 6) is -0.841. The van der Waals surface area contributed by atoms with Crippen molar-refractivity contribution >= 4 is 63.2 Å². The van der Waals surface area contributed by atoms with Gasteiger partial charge in [-0.05, 0) is 40.1 Å². The highest BCUT2D eigenvalue weighted by atomic mass is 35.5. The zero-order valence-electron chi connectivity index (χ0n) is 13.2. The van der Waals surface area contributed by atoms with Crippen LogP contribution < -0.4 is 5.46 Å². The topological polar surface area (TPSA) is 42.2 Å². The molecule has 0 saturated heterocycles. The van der Waals surface area contributed by atoms with Gasteiger partial charge in [-0.1, -0.05) is 35.3 Å². The number of carbonyl (C=O) groups is 1. The van der Waals surface area contributed by atoms with Crippen LogP contribution in [0.15, 0.2) is 48.0 Å². The maximum absolute atomic E-state index is 11.2. The Kier molecular flexibility index (Phi) is 4.06. The molecule has 0 amide bonds. The number of nitrogens with zero attached hydrogens (tertiary/aromatic N) is 1. The molecule has 2 aromatic heterocycles. The first kappa shape index (κ1) is 16.2. The predicted molar refractivity (Wildman–Crippen MR) is 105 cm³/mol. The Morgan fingerprint density at radius 2 is 1.96 bits per heavy atom. The second-order valence-electron chi connectivity index (χ2n) is 6.03. The number of thiophene rings is 1. The smallest absolute Gasteiger partial charge is 0.307 e. The van der Waals surface area contributed by atoms with Gasteiger partial charge in [0.1, 0.15) is 7.85 Å². The number of fused-ring (bicyclic) bond motifs is 2. The van der Waals surface area contributed by atoms with Crippen molar-refractivity contribution in [1.29, 1.82) is 0 Å². The molecule has 0 aliphatic rings. The quantitative estimate of drug-likeness (QED) is 0.556. The summed E-state index contributed by atoms with van der Waals surface area (Å²) in [6.07, 6.45) is 1.91. The molecular weight excluding hydrogens is 353 g/mol. The van der Waals surface area contributed by atoms with Crippen molar-refractivity contribution in [1.82, 2.24) is 4.57 Å². The van der Waals surface area contributed by atoms with Crippen LogP contribution in [0.25, 0.3) is 21.0 Å². The molecule has 0 saturated carbocycles. The van der Waals surface area contributed by atoms with Gasteiger partial charge in [0.15, 0.2) is 0 Å². The Bertz CT molecular complexity index is 1120. The summed E-state index contributed by atoms with van der Waals surface area (Å²) in [6, 6.07) is 11.5. The number of halogens is 1. The van der Waals surface area contributed by atoms with Crippen LogP contribution in [0.5, 0.6) is 0 Å². The summed E-state index contributed by atoms with van der Waals surface area (Å²) in [7, 11) is 5.94. The molecule has 2 radical (unpaired) electrons. The Morgan fingerprint density at radius 1 is 1.16 bits per heavy atom. The fourth-order valence-corrected chi connectivity index (χ4v) is 4.41. The second kappa shape index (κ2) is 6.25. The number of benzene rings is 2. The summed E-state index contributed by atoms with van der Waals surface area (Å²) in [4.78, 5) is 11.2. The average Bonchev–Trinajstić information content (AvgIpc) is 3.09. The molecule has 6 heteroatoms. The lowest BCUT2D eigenvalue weighted by Crippen LogP contribution is -2.03. The fourth-order valence-electron chi connectivity index (χ4n) is 3.18. The van der Waals surface area contributed by atoms with Gasteiger partial charge in [0.2, 0.25) is 0 Å². The summed E-state index contributed by atoms with van der Waals surface area (Å²) < 4.78 is 3.21. The normalized spacial score (nSPS) is 11.4. The van der Waals surface area contributed by atoms with Gasteiger partial charge in [-0.25, -0.2) is 0 Å². The molecule has 0 aliphatic carbocycles. The largest absolute Gasteiger partial charge is 0.481 e. The molecule has 3 nitrogen and oxygen atoms in total. The molecule has 0 aliphatic heterocycles. The molecule has 1 N–H and O–H groups in total. The van der Waals surface area contributed by atoms with Crippen molar-refractivity contribution in [2.24, 2.45) is 0 Å². The number of carboxylic acids is 1. The molecule has 0 unspecified atom stereocenters. The van der Waals surface area contributed by atoms with Gasteiger partial charge in [0.25, 0.3) is 0 Å². The van der Waals surface area contributed by atoms with Gasteiger partial charge in [-0.15, -0.1) is 11.3 Å². The number of aromatic nitrogens is 1. The maximum Gasteiger partial charge on any atom is 0.307 e. The Balaban J connectivity index is 1.82. The minimum absolute atomic E-state index is 0.00654. The molecule has 0 atom stereocenters. The van der Waals surface area contributed by atoms with Crippen LogP contribution in [-0.2, 0) is 17.8 Å². The van der Waals surface area contributed by atoms with E-state index < -0.39 is 5.97 Å². The Morgan fingerprint density at radius 3 is 2.76 bits per heavy atom. The van der Waals surface area contributed by atoms with Gasteiger partial charge in [-0.3, -0.25) is 4.79 Å². The molecule has 2 aromatic carbocycles. The molecule has 122 valence electrons. The SMILES string of the molecule is [B]c1ccc2c(CC(=O)O)cn(Cc3csc4cc(Cl)ccc34)c2c1. The first-order valence-electron chi connectivity index (χ1n) is 7.76. The van der Waals surface area contributed by atoms with Crippen molar-refractivity contribution in [2.45, 2.75) is 13.0 Å². The predicted octanol–water partition coefficient (Wildman–Crippen LogP) is 3.98. The molecule has 0 fully saturated rings. The third kappa shape index (κ3) is 3.05. The van der Waals surface area contributed by atoms with E-state index in [1.807, 2.05) is 36.5 Å². The third-order valence-corrected chi connectivity index (χ3v) is 5.52. The maximum atomic E-state index is 11.2. The highest BCUT2D eigenvalue weighted by Crippen LogP contribution is 2.30. The van der Waals surface area contributed by atoms with Crippen LogP contribution in [0, 0.1) is 0 Å². The molecule has 4 rings (SSSR count). The van der Waals surface area contributed by atoms with E-state index in [-0.39, 0.29) is 6.42 Å². The van der Waals surface area contributed by atoms with Crippen LogP contribution in [0.3, 0.4) is 0 Å². The van der Waals surface area contributed by atoms with Crippen LogP contribution >= 0.6 is 22.9 Å². The third-order valence-electron chi connectivity index (χ3n) is 4.29. The number of carboxylic acid groups (broad SMARTS) is 1. The van der Waals surface area contributed by atoms with Crippen LogP contribution in [0.2, 0.25) is 5.02 Å². The first-order chi connectivity index (χ1) is 12.0. The van der Waals surface area contributed by atoms with Crippen molar-refractivity contribution in [3.63, 3.8) is 0 Å². The lowest BCUT2D eigenvalue weighted by atomic mass is 9.94. The van der Waals surface area contributed by atoms with Gasteiger partial charge >= 0.3 is 5.97 Å². The van der Waals surface area contributed by atoms with Gasteiger partial charge in [0, 0.05) is 33.4 Å². The van der Waals surface area contributed by atoms with E-state index in [9.17, 15) is 4.79 Å². The van der Waals surface area contributed by atoms with E-state index in [2.05, 4.69) is 9.95 Å². The second-order valence-corrected chi connectivity index (χ2v) is 7.38. The van der Waals surface area contributed by atoms with Gasteiger partial charge in [0.05, 0.1) is 6.42 Å². The Hall–Kier alpha value is -2.24. The number of hydrogen-bond donors (Lipinski definition) is 1. The molecule has 0 spiro atoms. The highest BCUT2D eigenvalue weighted by molar-refractivity contribution is 7.17. The summed E-state index contributed by atoms with van der Waals surface area (Å²) >= 11 is 7.72. The molecule has 0 bridgehead atoms. The summed E-state index contributed by atoms with van der Waals surface area (Å²) in [5.41, 5.74) is 3.59. The van der Waals surface area contributed by atoms with Crippen molar-refractivity contribution in [3.05, 3.63) is 64.1 Å². The molecule has 2 heterocycles. The number of rotatable bonds is 4. The molecular formula is C19H13BClNO2S. The van der Waals surface area contributed by atoms with Crippen molar-refractivity contribution < 1.29 is 9.90 Å². The van der Waals surface area contributed by atoms with E-state index in [4.69, 9.17) is 24.6 Å². The van der Waals surface area contributed by atoms with E-state index in [1.54, 1.807) is 17.4 Å². The zero-order chi connectivity index (χ0) is 17.6. The summed E-state index contributed by atoms with van der Waals surface area (Å²) in [6.45, 7) is 0.654. The van der Waals surface area contributed by atoms with Crippen molar-refractivity contribution in [2.75, 3.05) is 0 Å². The van der Waals surface area contributed by atoms with Crippen molar-refractivity contribution in [3.8, 4) is 0 Å². The minimum Gasteiger partial charge on any atom is -0.481 e. The lowest BCUT2D eigenvalue weighted by Gasteiger charge is -2.06. The summed E-state index contributed by atoms with van der Waals surface area (Å²) in [5, 5.41) is 14.1. The Labute approximate surface area is 154 Å². The standard InChI is InChI=1S/C19H13BClNO2S/c20-13-1-3-15-11(5-19(23)24)8-22(17(15)6-13)9-12-10-25-18-7-14(21)2-4-16(12)18/h1-4,6-8,10H,5,9H2,(H,23,24). The molecule has 4 aromatic rings. The van der Waals surface area contributed by atoms with Gasteiger partial charge in [-0.2, -0.15) is 0 Å². The van der Waals surface area contributed by atoms with Crippen LogP contribution in [0.1, 0.15) is 11.1 Å². The van der Waals surface area contributed by atoms with E-state index in [1.165, 1.54) is 10.9 Å². The zero-order valence-corrected chi connectivity index (χ0v) is 14.8. The van der Waals surface area contributed by atoms with E-state index in [0.717, 1.165) is 26.2 Å². The van der Waals surface area contributed by atoms with E-state index >= 15 is 0 Å². The number of hydrogen-bond acceptors (Lipinski definition) is 2. The average molecular weight is 366 g/mol. The number of aliphatic carboxylic acids is 1. The van der Waals surface area contributed by atoms with Crippen LogP contribution in [0.4, 0.5) is 0 Å². The van der Waals surface area contributed by atoms with E-state index in [0.29, 0.717) is 12.0 Å². The highest BCUT2D eigenvalue weighted by Gasteiger charge is 2.13.